The van der Waals surface area contributed by atoms with Gasteiger partial charge in [0, 0.05) is 0 Å². The van der Waals surface area contributed by atoms with Crippen LogP contribution in [0.5, 0.6) is 0 Å². The first-order chi connectivity index (χ1) is 5.27. The molecule has 0 bridgehead atoms. The predicted molar refractivity (Wildman–Crippen MR) is 53.2 cm³/mol. The van der Waals surface area contributed by atoms with Crippen LogP contribution in [0.4, 0.5) is 0 Å². The van der Waals surface area contributed by atoms with Crippen LogP contribution in [0.15, 0.2) is 10.2 Å². The van der Waals surface area contributed by atoms with E-state index in [1.807, 2.05) is 4.12 Å². The van der Waals surface area contributed by atoms with E-state index >= 15 is 0 Å². The summed E-state index contributed by atoms with van der Waals surface area (Å²) in [6, 6.07) is 0. The Morgan fingerprint density at radius 1 is 1.55 bits per heavy atom. The van der Waals surface area contributed by atoms with E-state index < -0.39 is 0 Å². The summed E-state index contributed by atoms with van der Waals surface area (Å²) in [5.41, 5.74) is 0. The first-order valence-corrected chi connectivity index (χ1v) is 7.22. The van der Waals surface area contributed by atoms with E-state index in [-0.39, 0.29) is 26.0 Å². The van der Waals surface area contributed by atoms with Crippen LogP contribution < -0.4 is 0 Å². The molecule has 64 valence electrons. The monoisotopic (exact) mass is 288 g/mol. The van der Waals surface area contributed by atoms with E-state index in [1.165, 1.54) is 23.7 Å². The second kappa shape index (κ2) is 8.64. The molecule has 11 heavy (non-hydrogen) atoms. The van der Waals surface area contributed by atoms with E-state index in [1.54, 1.807) is 6.08 Å². The topological polar surface area (TPSA) is 17.1 Å². The van der Waals surface area contributed by atoms with Gasteiger partial charge in [-0.15, -0.1) is 0 Å². The van der Waals surface area contributed by atoms with Crippen LogP contribution in [0.25, 0.3) is 0 Å². The van der Waals surface area contributed by atoms with Crippen LogP contribution in [0.1, 0.15) is 26.2 Å². The Bertz CT molecular complexity index is 134. The van der Waals surface area contributed by atoms with Crippen molar-refractivity contribution in [3.63, 3.8) is 0 Å². The number of rotatable bonds is 6. The Kier molecular flexibility index (Phi) is 9.08. The summed E-state index contributed by atoms with van der Waals surface area (Å²) in [5.74, 6) is 0. The molecule has 0 unspecified atom stereocenters. The minimum atomic E-state index is -0.120. The Hall–Kier alpha value is 0.550. The zero-order chi connectivity index (χ0) is 8.53. The Balaban J connectivity index is 3.07. The van der Waals surface area contributed by atoms with Crippen molar-refractivity contribution < 1.29 is 4.79 Å². The fourth-order valence-corrected chi connectivity index (χ4v) is 3.07. The van der Waals surface area contributed by atoms with E-state index in [4.69, 9.17) is 0 Å². The summed E-state index contributed by atoms with van der Waals surface area (Å²) in [6.07, 6.45) is 5.51. The molecule has 0 rings (SSSR count). The van der Waals surface area contributed by atoms with Gasteiger partial charge in [0.2, 0.25) is 0 Å². The normalized spacial score (nSPS) is 10.7. The van der Waals surface area contributed by atoms with Crippen molar-refractivity contribution in [1.29, 1.82) is 0 Å². The molecule has 0 radical (unpaired) electrons. The van der Waals surface area contributed by atoms with Crippen molar-refractivity contribution >= 4 is 38.7 Å². The number of unbranched alkanes of at least 4 members (excludes halogenated alkanes) is 2. The molecule has 0 amide bonds. The summed E-state index contributed by atoms with van der Waals surface area (Å²) in [6.45, 7) is 2.20. The number of hydrogen-bond acceptors (Lipinski definition) is 1. The second-order valence-corrected chi connectivity index (χ2v) is 5.55. The SMILES string of the molecule is CCCCC[Te]C=CC(=O)S. The molecule has 3 heteroatoms. The number of thiol groups is 1. The maximum absolute atomic E-state index is 10.3. The van der Waals surface area contributed by atoms with Gasteiger partial charge in [-0.1, -0.05) is 0 Å². The van der Waals surface area contributed by atoms with Crippen molar-refractivity contribution in [2.45, 2.75) is 30.7 Å². The fraction of sp³-hybridized carbons (Fsp3) is 0.625. The summed E-state index contributed by atoms with van der Waals surface area (Å²) in [4.78, 5) is 10.3. The summed E-state index contributed by atoms with van der Waals surface area (Å²) in [5, 5.41) is -0.120. The fourth-order valence-electron chi connectivity index (χ4n) is 0.610. The molecule has 0 aliphatic heterocycles. The molecule has 0 heterocycles. The minimum absolute atomic E-state index is 0.0312. The summed E-state index contributed by atoms with van der Waals surface area (Å²) >= 11 is 3.61. The molecule has 0 aromatic heterocycles. The average Bonchev–Trinajstić information content (AvgIpc) is 1.96. The van der Waals surface area contributed by atoms with E-state index in [2.05, 4.69) is 19.6 Å². The molecule has 0 atom stereocenters. The summed E-state index contributed by atoms with van der Waals surface area (Å²) < 4.78 is 3.34. The number of hydrogen-bond donors (Lipinski definition) is 1. The number of carbonyl (C=O) groups excluding carboxylic acids is 1. The molecular weight excluding hydrogens is 272 g/mol. The van der Waals surface area contributed by atoms with Gasteiger partial charge in [-0.3, -0.25) is 0 Å². The molecule has 1 nitrogen and oxygen atoms in total. The van der Waals surface area contributed by atoms with Crippen LogP contribution in [0, 0.1) is 0 Å². The van der Waals surface area contributed by atoms with Crippen LogP contribution in [0.3, 0.4) is 0 Å². The maximum atomic E-state index is 10.3. The quantitative estimate of drug-likeness (QED) is 0.343. The molecule has 0 fully saturated rings. The van der Waals surface area contributed by atoms with Gasteiger partial charge in [-0.05, 0) is 0 Å². The molecule has 0 aliphatic carbocycles. The third-order valence-electron chi connectivity index (χ3n) is 1.17. The molecule has 0 saturated heterocycles. The van der Waals surface area contributed by atoms with Gasteiger partial charge in [0.1, 0.15) is 0 Å². The van der Waals surface area contributed by atoms with Crippen molar-refractivity contribution in [3.8, 4) is 0 Å². The standard InChI is InChI=1S/C8H14OSTe/c1-2-3-4-6-11-7-5-8(9)10/h5,7H,2-4,6H2,1H3,(H,9,10). The van der Waals surface area contributed by atoms with Crippen molar-refractivity contribution in [3.05, 3.63) is 10.2 Å². The third-order valence-corrected chi connectivity index (χ3v) is 3.76. The predicted octanol–water partition coefficient (Wildman–Crippen LogP) is 2.27. The average molecular weight is 286 g/mol. The van der Waals surface area contributed by atoms with Gasteiger partial charge in [0.25, 0.3) is 0 Å². The molecule has 0 saturated carbocycles. The Morgan fingerprint density at radius 2 is 2.27 bits per heavy atom. The molecular formula is C8H14OSTe. The first-order valence-electron chi connectivity index (χ1n) is 3.78. The van der Waals surface area contributed by atoms with Crippen LogP contribution in [0.2, 0.25) is 4.47 Å². The zero-order valence-electron chi connectivity index (χ0n) is 6.75. The Labute approximate surface area is 84.1 Å². The van der Waals surface area contributed by atoms with Gasteiger partial charge < -0.3 is 0 Å². The molecule has 0 aromatic rings. The molecule has 0 aliphatic rings. The van der Waals surface area contributed by atoms with Gasteiger partial charge in [-0.25, -0.2) is 0 Å². The van der Waals surface area contributed by atoms with Crippen molar-refractivity contribution in [2.75, 3.05) is 0 Å². The van der Waals surface area contributed by atoms with Crippen LogP contribution in [-0.2, 0) is 4.79 Å². The first kappa shape index (κ1) is 11.5. The van der Waals surface area contributed by atoms with Crippen molar-refractivity contribution in [1.82, 2.24) is 0 Å². The van der Waals surface area contributed by atoms with Crippen LogP contribution in [-0.4, -0.2) is 26.0 Å². The number of carbonyl (C=O) groups is 1. The summed E-state index contributed by atoms with van der Waals surface area (Å²) in [7, 11) is 0. The molecule has 0 N–H and O–H groups in total. The van der Waals surface area contributed by atoms with E-state index in [0.717, 1.165) is 0 Å². The van der Waals surface area contributed by atoms with Gasteiger partial charge in [0.05, 0.1) is 0 Å². The van der Waals surface area contributed by atoms with E-state index in [9.17, 15) is 4.79 Å². The van der Waals surface area contributed by atoms with Gasteiger partial charge >= 0.3 is 84.3 Å². The van der Waals surface area contributed by atoms with Gasteiger partial charge in [0.15, 0.2) is 0 Å². The van der Waals surface area contributed by atoms with Crippen LogP contribution >= 0.6 is 12.6 Å². The van der Waals surface area contributed by atoms with Crippen molar-refractivity contribution in [2.24, 2.45) is 0 Å². The zero-order valence-corrected chi connectivity index (χ0v) is 9.97. The second-order valence-electron chi connectivity index (χ2n) is 2.22. The molecule has 0 aromatic carbocycles. The molecule has 0 spiro atoms. The van der Waals surface area contributed by atoms with E-state index in [0.29, 0.717) is 0 Å². The van der Waals surface area contributed by atoms with Gasteiger partial charge in [-0.2, -0.15) is 0 Å². The third kappa shape index (κ3) is 10.5. The Morgan fingerprint density at radius 3 is 2.82 bits per heavy atom.